The molecule has 1 heterocycles. The van der Waals surface area contributed by atoms with E-state index in [4.69, 9.17) is 0 Å². The predicted molar refractivity (Wildman–Crippen MR) is 70.7 cm³/mol. The summed E-state index contributed by atoms with van der Waals surface area (Å²) < 4.78 is 15.7. The summed E-state index contributed by atoms with van der Waals surface area (Å²) in [5.74, 6) is 1.04. The Morgan fingerprint density at radius 3 is 2.58 bits per heavy atom. The van der Waals surface area contributed by atoms with Crippen LogP contribution in [0.4, 0.5) is 4.39 Å². The van der Waals surface area contributed by atoms with Crippen molar-refractivity contribution in [1.82, 2.24) is 14.8 Å². The molecule has 2 aromatic rings. The van der Waals surface area contributed by atoms with Gasteiger partial charge in [0.15, 0.2) is 5.82 Å². The molecule has 0 fully saturated rings. The van der Waals surface area contributed by atoms with Gasteiger partial charge in [0, 0.05) is 12.8 Å². The molecule has 0 saturated heterocycles. The molecule has 1 N–H and O–H groups in total. The van der Waals surface area contributed by atoms with Crippen molar-refractivity contribution in [3.05, 3.63) is 41.2 Å². The largest absolute Gasteiger partial charge is 0.389 e. The third-order valence-corrected chi connectivity index (χ3v) is 3.03. The second-order valence-corrected chi connectivity index (χ2v) is 4.45. The molecule has 0 aliphatic heterocycles. The number of hydrogen-bond donors (Lipinski definition) is 1. The number of aryl methyl sites for hydroxylation is 2. The second kappa shape index (κ2) is 5.48. The Labute approximate surface area is 111 Å². The summed E-state index contributed by atoms with van der Waals surface area (Å²) in [4.78, 5) is 4.36. The highest BCUT2D eigenvalue weighted by Crippen LogP contribution is 2.20. The first-order chi connectivity index (χ1) is 9.06. The number of aliphatic hydroxyl groups excluding tert-OH is 1. The van der Waals surface area contributed by atoms with Gasteiger partial charge in [0.1, 0.15) is 17.3 Å². The van der Waals surface area contributed by atoms with Gasteiger partial charge in [-0.3, -0.25) is 0 Å². The molecule has 1 aromatic heterocycles. The van der Waals surface area contributed by atoms with Crippen molar-refractivity contribution < 1.29 is 9.50 Å². The monoisotopic (exact) mass is 263 g/mol. The molecule has 0 unspecified atom stereocenters. The number of halogens is 1. The van der Waals surface area contributed by atoms with E-state index >= 15 is 0 Å². The van der Waals surface area contributed by atoms with E-state index in [0.717, 1.165) is 5.82 Å². The molecule has 0 saturated carbocycles. The highest BCUT2D eigenvalue weighted by atomic mass is 19.1. The number of hydrogen-bond acceptors (Lipinski definition) is 3. The lowest BCUT2D eigenvalue weighted by Gasteiger charge is -2.09. The van der Waals surface area contributed by atoms with Gasteiger partial charge in [-0.1, -0.05) is 19.9 Å². The molecule has 0 aliphatic carbocycles. The third-order valence-electron chi connectivity index (χ3n) is 3.03. The minimum absolute atomic E-state index is 0.369. The molecule has 0 radical (unpaired) electrons. The Morgan fingerprint density at radius 2 is 2.05 bits per heavy atom. The topological polar surface area (TPSA) is 50.9 Å². The summed E-state index contributed by atoms with van der Waals surface area (Å²) in [6.07, 6.45) is 0.717. The van der Waals surface area contributed by atoms with Crippen molar-refractivity contribution in [3.63, 3.8) is 0 Å². The average Bonchev–Trinajstić information content (AvgIpc) is 2.81. The smallest absolute Gasteiger partial charge is 0.151 e. The molecule has 1 atom stereocenters. The Morgan fingerprint density at radius 1 is 1.32 bits per heavy atom. The standard InChI is InChI=1S/C14H18FN3O/c1-4-13-16-14(5-2)18(17-13)12-7-6-10(9(3)19)8-11(12)15/h6-9,19H,4-5H2,1-3H3/t9-/m1/s1. The Balaban J connectivity index is 2.49. The summed E-state index contributed by atoms with van der Waals surface area (Å²) in [6.45, 7) is 5.53. The van der Waals surface area contributed by atoms with Crippen molar-refractivity contribution in [2.75, 3.05) is 0 Å². The maximum Gasteiger partial charge on any atom is 0.151 e. The lowest BCUT2D eigenvalue weighted by molar-refractivity contribution is 0.199. The molecule has 102 valence electrons. The Kier molecular flexibility index (Phi) is 3.95. The first kappa shape index (κ1) is 13.7. The van der Waals surface area contributed by atoms with Crippen LogP contribution < -0.4 is 0 Å². The van der Waals surface area contributed by atoms with Gasteiger partial charge in [-0.05, 0) is 24.6 Å². The van der Waals surface area contributed by atoms with Gasteiger partial charge in [-0.2, -0.15) is 5.10 Å². The molecular weight excluding hydrogens is 245 g/mol. The summed E-state index contributed by atoms with van der Waals surface area (Å²) in [5, 5.41) is 13.8. The summed E-state index contributed by atoms with van der Waals surface area (Å²) in [6, 6.07) is 4.67. The number of aromatic nitrogens is 3. The van der Waals surface area contributed by atoms with E-state index in [1.54, 1.807) is 23.7 Å². The molecule has 0 spiro atoms. The van der Waals surface area contributed by atoms with Crippen molar-refractivity contribution in [2.24, 2.45) is 0 Å². The van der Waals surface area contributed by atoms with Gasteiger partial charge in [0.25, 0.3) is 0 Å². The first-order valence-electron chi connectivity index (χ1n) is 6.49. The van der Waals surface area contributed by atoms with Crippen LogP contribution in [-0.2, 0) is 12.8 Å². The summed E-state index contributed by atoms with van der Waals surface area (Å²) in [7, 11) is 0. The van der Waals surface area contributed by atoms with Crippen LogP contribution in [0.1, 0.15) is 44.1 Å². The van der Waals surface area contributed by atoms with E-state index in [9.17, 15) is 9.50 Å². The SMILES string of the molecule is CCc1nc(CC)n(-c2ccc([C@@H](C)O)cc2F)n1. The lowest BCUT2D eigenvalue weighted by atomic mass is 10.1. The number of benzene rings is 1. The van der Waals surface area contributed by atoms with Crippen molar-refractivity contribution >= 4 is 0 Å². The molecule has 0 amide bonds. The van der Waals surface area contributed by atoms with Crippen LogP contribution in [0, 0.1) is 5.82 Å². The van der Waals surface area contributed by atoms with E-state index in [0.29, 0.717) is 29.9 Å². The summed E-state index contributed by atoms with van der Waals surface area (Å²) >= 11 is 0. The quantitative estimate of drug-likeness (QED) is 0.922. The van der Waals surface area contributed by atoms with Crippen LogP contribution >= 0.6 is 0 Å². The van der Waals surface area contributed by atoms with Crippen LogP contribution in [0.3, 0.4) is 0 Å². The number of aliphatic hydroxyl groups is 1. The van der Waals surface area contributed by atoms with E-state index < -0.39 is 11.9 Å². The van der Waals surface area contributed by atoms with E-state index in [1.807, 2.05) is 13.8 Å². The molecule has 5 heteroatoms. The van der Waals surface area contributed by atoms with Gasteiger partial charge in [0.05, 0.1) is 6.10 Å². The highest BCUT2D eigenvalue weighted by molar-refractivity contribution is 5.37. The minimum Gasteiger partial charge on any atom is -0.389 e. The molecular formula is C14H18FN3O. The zero-order valence-corrected chi connectivity index (χ0v) is 11.4. The Hall–Kier alpha value is -1.75. The fourth-order valence-corrected chi connectivity index (χ4v) is 1.92. The zero-order valence-electron chi connectivity index (χ0n) is 11.4. The molecule has 2 rings (SSSR count). The summed E-state index contributed by atoms with van der Waals surface area (Å²) in [5.41, 5.74) is 0.920. The molecule has 19 heavy (non-hydrogen) atoms. The fraction of sp³-hybridized carbons (Fsp3) is 0.429. The van der Waals surface area contributed by atoms with Crippen molar-refractivity contribution in [2.45, 2.75) is 39.7 Å². The Bertz CT molecular complexity index is 578. The van der Waals surface area contributed by atoms with Crippen molar-refractivity contribution in [1.29, 1.82) is 0 Å². The van der Waals surface area contributed by atoms with E-state index in [-0.39, 0.29) is 0 Å². The minimum atomic E-state index is -0.684. The zero-order chi connectivity index (χ0) is 14.0. The second-order valence-electron chi connectivity index (χ2n) is 4.45. The van der Waals surface area contributed by atoms with Crippen LogP contribution in [0.15, 0.2) is 18.2 Å². The molecule has 4 nitrogen and oxygen atoms in total. The van der Waals surface area contributed by atoms with Gasteiger partial charge in [0.2, 0.25) is 0 Å². The fourth-order valence-electron chi connectivity index (χ4n) is 1.92. The maximum absolute atomic E-state index is 14.1. The molecule has 0 aliphatic rings. The first-order valence-corrected chi connectivity index (χ1v) is 6.49. The van der Waals surface area contributed by atoms with Crippen LogP contribution in [-0.4, -0.2) is 19.9 Å². The number of nitrogens with zero attached hydrogens (tertiary/aromatic N) is 3. The molecule has 1 aromatic carbocycles. The predicted octanol–water partition coefficient (Wildman–Crippen LogP) is 2.58. The van der Waals surface area contributed by atoms with Crippen LogP contribution in [0.5, 0.6) is 0 Å². The van der Waals surface area contributed by atoms with E-state index in [2.05, 4.69) is 10.1 Å². The van der Waals surface area contributed by atoms with Gasteiger partial charge in [-0.25, -0.2) is 14.1 Å². The third kappa shape index (κ3) is 2.66. The van der Waals surface area contributed by atoms with Gasteiger partial charge >= 0.3 is 0 Å². The van der Waals surface area contributed by atoms with E-state index in [1.165, 1.54) is 6.07 Å². The maximum atomic E-state index is 14.1. The van der Waals surface area contributed by atoms with Gasteiger partial charge in [-0.15, -0.1) is 0 Å². The van der Waals surface area contributed by atoms with Crippen LogP contribution in [0.2, 0.25) is 0 Å². The lowest BCUT2D eigenvalue weighted by Crippen LogP contribution is -2.05. The number of rotatable bonds is 4. The average molecular weight is 263 g/mol. The highest BCUT2D eigenvalue weighted by Gasteiger charge is 2.14. The normalized spacial score (nSPS) is 12.7. The van der Waals surface area contributed by atoms with Crippen LogP contribution in [0.25, 0.3) is 5.69 Å². The van der Waals surface area contributed by atoms with Crippen molar-refractivity contribution in [3.8, 4) is 5.69 Å². The van der Waals surface area contributed by atoms with Gasteiger partial charge < -0.3 is 5.11 Å². The molecule has 0 bridgehead atoms.